The van der Waals surface area contributed by atoms with Crippen LogP contribution >= 0.6 is 0 Å². The van der Waals surface area contributed by atoms with Crippen LogP contribution in [0.5, 0.6) is 0 Å². The monoisotopic (exact) mass is 292 g/mol. The van der Waals surface area contributed by atoms with Gasteiger partial charge in [-0.05, 0) is 19.4 Å². The van der Waals surface area contributed by atoms with Crippen LogP contribution < -0.4 is 5.32 Å². The number of nitrogens with zero attached hydrogens (tertiary/aromatic N) is 1. The molecule has 0 fully saturated rings. The molecule has 0 amide bonds. The minimum atomic E-state index is 0.277. The van der Waals surface area contributed by atoms with Gasteiger partial charge in [0.15, 0.2) is 0 Å². The summed E-state index contributed by atoms with van der Waals surface area (Å²) in [5.41, 5.74) is 4.40. The van der Waals surface area contributed by atoms with Crippen molar-refractivity contribution in [3.8, 4) is 11.3 Å². The van der Waals surface area contributed by atoms with Gasteiger partial charge in [0.1, 0.15) is 11.5 Å². The predicted molar refractivity (Wildman–Crippen MR) is 88.4 cm³/mol. The summed E-state index contributed by atoms with van der Waals surface area (Å²) in [6.45, 7) is 4.86. The van der Waals surface area contributed by atoms with E-state index in [2.05, 4.69) is 53.8 Å². The molecule has 0 aliphatic rings. The molecular formula is C19H20N2O. The third-order valence-electron chi connectivity index (χ3n) is 3.92. The van der Waals surface area contributed by atoms with E-state index in [1.807, 2.05) is 31.2 Å². The zero-order chi connectivity index (χ0) is 15.4. The highest BCUT2D eigenvalue weighted by Gasteiger charge is 2.15. The molecule has 3 rings (SSSR count). The lowest BCUT2D eigenvalue weighted by atomic mass is 10.0. The Labute approximate surface area is 131 Å². The van der Waals surface area contributed by atoms with Crippen molar-refractivity contribution in [3.63, 3.8) is 0 Å². The first kappa shape index (κ1) is 14.5. The Hall–Kier alpha value is -2.39. The fourth-order valence-corrected chi connectivity index (χ4v) is 2.54. The van der Waals surface area contributed by atoms with Gasteiger partial charge in [-0.1, -0.05) is 65.8 Å². The highest BCUT2D eigenvalue weighted by atomic mass is 16.5. The van der Waals surface area contributed by atoms with Crippen molar-refractivity contribution in [1.82, 2.24) is 10.5 Å². The first-order chi connectivity index (χ1) is 10.8. The normalized spacial score (nSPS) is 12.3. The van der Waals surface area contributed by atoms with Gasteiger partial charge in [-0.2, -0.15) is 0 Å². The summed E-state index contributed by atoms with van der Waals surface area (Å²) in [6.07, 6.45) is 0. The van der Waals surface area contributed by atoms with E-state index in [4.69, 9.17) is 4.52 Å². The second-order valence-electron chi connectivity index (χ2n) is 5.45. The summed E-state index contributed by atoms with van der Waals surface area (Å²) >= 11 is 0. The lowest BCUT2D eigenvalue weighted by Crippen LogP contribution is -2.18. The fourth-order valence-electron chi connectivity index (χ4n) is 2.54. The number of aryl methyl sites for hydroxylation is 1. The maximum absolute atomic E-state index is 5.40. The minimum Gasteiger partial charge on any atom is -0.361 e. The Kier molecular flexibility index (Phi) is 4.35. The topological polar surface area (TPSA) is 38.1 Å². The molecule has 3 aromatic rings. The zero-order valence-corrected chi connectivity index (χ0v) is 12.9. The summed E-state index contributed by atoms with van der Waals surface area (Å²) in [5.74, 6) is 0.867. The lowest BCUT2D eigenvalue weighted by molar-refractivity contribution is 0.397. The van der Waals surface area contributed by atoms with Gasteiger partial charge in [-0.25, -0.2) is 0 Å². The summed E-state index contributed by atoms with van der Waals surface area (Å²) in [5, 5.41) is 7.77. The maximum atomic E-state index is 5.40. The van der Waals surface area contributed by atoms with Crippen LogP contribution in [0.4, 0.5) is 0 Å². The second-order valence-corrected chi connectivity index (χ2v) is 5.45. The van der Waals surface area contributed by atoms with Crippen molar-refractivity contribution in [3.05, 3.63) is 77.6 Å². The van der Waals surface area contributed by atoms with Gasteiger partial charge in [0.25, 0.3) is 0 Å². The summed E-state index contributed by atoms with van der Waals surface area (Å²) in [7, 11) is 0. The van der Waals surface area contributed by atoms with Crippen molar-refractivity contribution in [2.75, 3.05) is 0 Å². The first-order valence-corrected chi connectivity index (χ1v) is 7.54. The molecular weight excluding hydrogens is 272 g/mol. The summed E-state index contributed by atoms with van der Waals surface area (Å²) in [6, 6.07) is 20.9. The molecule has 1 heterocycles. The van der Waals surface area contributed by atoms with E-state index in [1.54, 1.807) is 0 Å². The van der Waals surface area contributed by atoms with Gasteiger partial charge in [-0.15, -0.1) is 0 Å². The van der Waals surface area contributed by atoms with E-state index in [1.165, 1.54) is 5.56 Å². The van der Waals surface area contributed by atoms with Gasteiger partial charge in [0.05, 0.1) is 0 Å². The number of aromatic nitrogens is 1. The largest absolute Gasteiger partial charge is 0.361 e. The standard InChI is InChI=1S/C19H20N2O/c1-14(16-9-5-3-6-10-16)20-13-18-15(2)22-21-19(18)17-11-7-4-8-12-17/h3-12,14,20H,13H2,1-2H3. The van der Waals surface area contributed by atoms with Gasteiger partial charge >= 0.3 is 0 Å². The Morgan fingerprint density at radius 2 is 1.64 bits per heavy atom. The van der Waals surface area contributed by atoms with Crippen molar-refractivity contribution in [2.24, 2.45) is 0 Å². The van der Waals surface area contributed by atoms with Gasteiger partial charge in [0.2, 0.25) is 0 Å². The second kappa shape index (κ2) is 6.58. The van der Waals surface area contributed by atoms with Crippen molar-refractivity contribution in [1.29, 1.82) is 0 Å². The molecule has 0 bridgehead atoms. The zero-order valence-electron chi connectivity index (χ0n) is 12.9. The van der Waals surface area contributed by atoms with E-state index in [9.17, 15) is 0 Å². The molecule has 1 atom stereocenters. The van der Waals surface area contributed by atoms with Crippen molar-refractivity contribution in [2.45, 2.75) is 26.4 Å². The van der Waals surface area contributed by atoms with E-state index in [-0.39, 0.29) is 6.04 Å². The maximum Gasteiger partial charge on any atom is 0.138 e. The quantitative estimate of drug-likeness (QED) is 0.752. The van der Waals surface area contributed by atoms with Gasteiger partial charge in [-0.3, -0.25) is 0 Å². The molecule has 1 unspecified atom stereocenters. The van der Waals surface area contributed by atoms with Crippen LogP contribution in [-0.2, 0) is 6.54 Å². The number of benzene rings is 2. The molecule has 22 heavy (non-hydrogen) atoms. The van der Waals surface area contributed by atoms with Crippen LogP contribution in [-0.4, -0.2) is 5.16 Å². The third kappa shape index (κ3) is 3.10. The number of nitrogens with one attached hydrogen (secondary N) is 1. The summed E-state index contributed by atoms with van der Waals surface area (Å²) < 4.78 is 5.40. The van der Waals surface area contributed by atoms with Crippen molar-refractivity contribution >= 4 is 0 Å². The Balaban J connectivity index is 1.77. The third-order valence-corrected chi connectivity index (χ3v) is 3.92. The predicted octanol–water partition coefficient (Wildman–Crippen LogP) is 4.50. The average molecular weight is 292 g/mol. The Morgan fingerprint density at radius 3 is 2.32 bits per heavy atom. The first-order valence-electron chi connectivity index (χ1n) is 7.54. The molecule has 1 N–H and O–H groups in total. The SMILES string of the molecule is Cc1onc(-c2ccccc2)c1CNC(C)c1ccccc1. The van der Waals surface area contributed by atoms with Gasteiger partial charge in [0, 0.05) is 23.7 Å². The van der Waals surface area contributed by atoms with Crippen LogP contribution in [0, 0.1) is 6.92 Å². The number of rotatable bonds is 5. The van der Waals surface area contributed by atoms with Crippen molar-refractivity contribution < 1.29 is 4.52 Å². The fraction of sp³-hybridized carbons (Fsp3) is 0.211. The molecule has 0 aliphatic heterocycles. The van der Waals surface area contributed by atoms with Gasteiger partial charge < -0.3 is 9.84 Å². The molecule has 0 aliphatic carbocycles. The van der Waals surface area contributed by atoms with E-state index >= 15 is 0 Å². The van der Waals surface area contributed by atoms with E-state index in [0.717, 1.165) is 29.1 Å². The summed E-state index contributed by atoms with van der Waals surface area (Å²) in [4.78, 5) is 0. The highest BCUT2D eigenvalue weighted by molar-refractivity contribution is 5.63. The molecule has 1 aromatic heterocycles. The number of hydrogen-bond donors (Lipinski definition) is 1. The Bertz CT molecular complexity index is 720. The Morgan fingerprint density at radius 1 is 1.00 bits per heavy atom. The number of hydrogen-bond acceptors (Lipinski definition) is 3. The molecule has 2 aromatic carbocycles. The van der Waals surface area contributed by atoms with Crippen LogP contribution in [0.25, 0.3) is 11.3 Å². The average Bonchev–Trinajstić information content (AvgIpc) is 2.95. The smallest absolute Gasteiger partial charge is 0.138 e. The van der Waals surface area contributed by atoms with Crippen LogP contribution in [0.15, 0.2) is 65.2 Å². The minimum absolute atomic E-state index is 0.277. The highest BCUT2D eigenvalue weighted by Crippen LogP contribution is 2.25. The molecule has 0 saturated heterocycles. The molecule has 112 valence electrons. The van der Waals surface area contributed by atoms with Crippen LogP contribution in [0.3, 0.4) is 0 Å². The van der Waals surface area contributed by atoms with E-state index < -0.39 is 0 Å². The lowest BCUT2D eigenvalue weighted by Gasteiger charge is -2.14. The molecule has 0 spiro atoms. The molecule has 0 saturated carbocycles. The van der Waals surface area contributed by atoms with Crippen LogP contribution in [0.1, 0.15) is 29.9 Å². The molecule has 3 heteroatoms. The molecule has 3 nitrogen and oxygen atoms in total. The molecule has 0 radical (unpaired) electrons. The van der Waals surface area contributed by atoms with E-state index in [0.29, 0.717) is 0 Å². The van der Waals surface area contributed by atoms with Crippen LogP contribution in [0.2, 0.25) is 0 Å².